The van der Waals surface area contributed by atoms with Crippen molar-refractivity contribution in [3.8, 4) is 0 Å². The van der Waals surface area contributed by atoms with Gasteiger partial charge in [0.1, 0.15) is 5.65 Å². The van der Waals surface area contributed by atoms with Gasteiger partial charge in [0.25, 0.3) is 0 Å². The summed E-state index contributed by atoms with van der Waals surface area (Å²) >= 11 is 3.35. The molecule has 0 spiro atoms. The number of aromatic nitrogens is 2. The minimum absolute atomic E-state index is 0.0992. The number of carboxylic acids is 1. The van der Waals surface area contributed by atoms with Gasteiger partial charge in [-0.25, -0.2) is 4.98 Å². The van der Waals surface area contributed by atoms with Crippen molar-refractivity contribution in [2.45, 2.75) is 19.8 Å². The first-order chi connectivity index (χ1) is 9.97. The van der Waals surface area contributed by atoms with E-state index in [-0.39, 0.29) is 11.7 Å². The van der Waals surface area contributed by atoms with Crippen LogP contribution in [0.2, 0.25) is 0 Å². The molecule has 3 rings (SSSR count). The van der Waals surface area contributed by atoms with E-state index >= 15 is 0 Å². The summed E-state index contributed by atoms with van der Waals surface area (Å²) in [7, 11) is 0. The van der Waals surface area contributed by atoms with E-state index in [2.05, 4.69) is 25.9 Å². The van der Waals surface area contributed by atoms with E-state index in [0.29, 0.717) is 24.1 Å². The molecule has 0 radical (unpaired) electrons. The van der Waals surface area contributed by atoms with Crippen LogP contribution in [-0.2, 0) is 4.79 Å². The Morgan fingerprint density at radius 3 is 2.81 bits per heavy atom. The summed E-state index contributed by atoms with van der Waals surface area (Å²) in [5.41, 5.74) is 1.17. The summed E-state index contributed by atoms with van der Waals surface area (Å²) < 4.78 is 0.790. The third kappa shape index (κ3) is 2.48. The Kier molecular flexibility index (Phi) is 3.57. The third-order valence-corrected chi connectivity index (χ3v) is 4.65. The first-order valence-electron chi connectivity index (χ1n) is 6.87. The molecule has 2 aromatic rings. The molecule has 0 aliphatic heterocycles. The highest BCUT2D eigenvalue weighted by atomic mass is 79.9. The van der Waals surface area contributed by atoms with Gasteiger partial charge in [-0.3, -0.25) is 9.59 Å². The van der Waals surface area contributed by atoms with Gasteiger partial charge < -0.3 is 10.1 Å². The predicted molar refractivity (Wildman–Crippen MR) is 81.1 cm³/mol. The lowest BCUT2D eigenvalue weighted by atomic mass is 9.88. The van der Waals surface area contributed by atoms with Gasteiger partial charge in [-0.05, 0) is 40.8 Å². The van der Waals surface area contributed by atoms with Crippen molar-refractivity contribution in [3.05, 3.63) is 28.5 Å². The van der Waals surface area contributed by atoms with E-state index in [1.54, 1.807) is 12.4 Å². The Balaban J connectivity index is 2.00. The number of hydrogen-bond donors (Lipinski definition) is 2. The standard InChI is InChI=1S/C15H15BrN2O3/c1-7-2-9(11(3-7)15(20)21)13(19)12-6-18-14-10(12)4-8(16)5-17-14/h4-7,9,11H,2-3H2,1H3,(H,17,18)(H,20,21). The number of ketones is 1. The lowest BCUT2D eigenvalue weighted by molar-refractivity contribution is -0.142. The van der Waals surface area contributed by atoms with Gasteiger partial charge in [-0.2, -0.15) is 0 Å². The van der Waals surface area contributed by atoms with Crippen LogP contribution in [-0.4, -0.2) is 26.8 Å². The molecular weight excluding hydrogens is 336 g/mol. The molecule has 0 saturated heterocycles. The molecule has 21 heavy (non-hydrogen) atoms. The Hall–Kier alpha value is -1.69. The van der Waals surface area contributed by atoms with Crippen molar-refractivity contribution >= 4 is 38.7 Å². The Morgan fingerprint density at radius 2 is 2.10 bits per heavy atom. The third-order valence-electron chi connectivity index (χ3n) is 4.22. The highest BCUT2D eigenvalue weighted by molar-refractivity contribution is 9.10. The fourth-order valence-corrected chi connectivity index (χ4v) is 3.57. The largest absolute Gasteiger partial charge is 0.481 e. The Labute approximate surface area is 129 Å². The van der Waals surface area contributed by atoms with Crippen molar-refractivity contribution in [2.24, 2.45) is 17.8 Å². The number of rotatable bonds is 3. The van der Waals surface area contributed by atoms with Gasteiger partial charge in [-0.1, -0.05) is 6.92 Å². The van der Waals surface area contributed by atoms with Crippen LogP contribution in [0.5, 0.6) is 0 Å². The monoisotopic (exact) mass is 350 g/mol. The maximum Gasteiger partial charge on any atom is 0.307 e. The maximum atomic E-state index is 12.8. The quantitative estimate of drug-likeness (QED) is 0.832. The summed E-state index contributed by atoms with van der Waals surface area (Å²) in [6, 6.07) is 1.83. The van der Waals surface area contributed by atoms with Crippen LogP contribution < -0.4 is 0 Å². The van der Waals surface area contributed by atoms with Crippen LogP contribution in [0.3, 0.4) is 0 Å². The summed E-state index contributed by atoms with van der Waals surface area (Å²) in [5.74, 6) is -1.75. The molecule has 1 aliphatic carbocycles. The molecule has 1 aliphatic rings. The minimum Gasteiger partial charge on any atom is -0.481 e. The van der Waals surface area contributed by atoms with E-state index < -0.39 is 17.8 Å². The molecule has 2 aromatic heterocycles. The number of nitrogens with one attached hydrogen (secondary N) is 1. The van der Waals surface area contributed by atoms with Gasteiger partial charge >= 0.3 is 5.97 Å². The maximum absolute atomic E-state index is 12.8. The number of Topliss-reactive ketones (excluding diaryl/α,β-unsaturated/α-hetero) is 1. The molecule has 6 heteroatoms. The SMILES string of the molecule is CC1CC(C(=O)O)C(C(=O)c2c[nH]c3ncc(Br)cc23)C1. The molecule has 1 saturated carbocycles. The highest BCUT2D eigenvalue weighted by Gasteiger charge is 2.41. The van der Waals surface area contributed by atoms with E-state index in [0.717, 1.165) is 9.86 Å². The van der Waals surface area contributed by atoms with Gasteiger partial charge in [0, 0.05) is 33.7 Å². The van der Waals surface area contributed by atoms with Crippen LogP contribution in [0.25, 0.3) is 11.0 Å². The zero-order chi connectivity index (χ0) is 15.1. The number of nitrogens with zero attached hydrogens (tertiary/aromatic N) is 1. The van der Waals surface area contributed by atoms with Crippen LogP contribution in [0.15, 0.2) is 22.9 Å². The lowest BCUT2D eigenvalue weighted by Gasteiger charge is -2.13. The lowest BCUT2D eigenvalue weighted by Crippen LogP contribution is -2.25. The average molecular weight is 351 g/mol. The first-order valence-corrected chi connectivity index (χ1v) is 7.66. The summed E-state index contributed by atoms with van der Waals surface area (Å²) in [4.78, 5) is 31.3. The summed E-state index contributed by atoms with van der Waals surface area (Å²) in [5, 5.41) is 10.1. The first kappa shape index (κ1) is 14.3. The number of aromatic amines is 1. The zero-order valence-electron chi connectivity index (χ0n) is 11.5. The molecule has 2 N–H and O–H groups in total. The molecule has 1 fully saturated rings. The average Bonchev–Trinajstić information content (AvgIpc) is 3.01. The van der Waals surface area contributed by atoms with Crippen molar-refractivity contribution in [2.75, 3.05) is 0 Å². The van der Waals surface area contributed by atoms with Crippen LogP contribution in [0, 0.1) is 17.8 Å². The van der Waals surface area contributed by atoms with E-state index in [4.69, 9.17) is 0 Å². The fraction of sp³-hybridized carbons (Fsp3) is 0.400. The van der Waals surface area contributed by atoms with Gasteiger partial charge in [0.15, 0.2) is 5.78 Å². The molecule has 5 nitrogen and oxygen atoms in total. The second kappa shape index (κ2) is 5.26. The molecule has 0 aromatic carbocycles. The molecule has 0 amide bonds. The summed E-state index contributed by atoms with van der Waals surface area (Å²) in [6.45, 7) is 2.00. The number of carbonyl (C=O) groups excluding carboxylic acids is 1. The minimum atomic E-state index is -0.878. The molecule has 2 heterocycles. The zero-order valence-corrected chi connectivity index (χ0v) is 13.1. The molecule has 3 unspecified atom stereocenters. The smallest absolute Gasteiger partial charge is 0.307 e. The van der Waals surface area contributed by atoms with Crippen LogP contribution in [0.1, 0.15) is 30.1 Å². The van der Waals surface area contributed by atoms with Crippen molar-refractivity contribution < 1.29 is 14.7 Å². The van der Waals surface area contributed by atoms with Crippen molar-refractivity contribution in [1.82, 2.24) is 9.97 Å². The van der Waals surface area contributed by atoms with Crippen LogP contribution in [0.4, 0.5) is 0 Å². The number of aliphatic carboxylic acids is 1. The van der Waals surface area contributed by atoms with Crippen LogP contribution >= 0.6 is 15.9 Å². The number of pyridine rings is 1. The normalized spacial score (nSPS) is 25.3. The van der Waals surface area contributed by atoms with E-state index in [1.165, 1.54) is 0 Å². The number of H-pyrrole nitrogens is 1. The Morgan fingerprint density at radius 1 is 1.38 bits per heavy atom. The van der Waals surface area contributed by atoms with E-state index in [9.17, 15) is 14.7 Å². The Bertz CT molecular complexity index is 725. The fourth-order valence-electron chi connectivity index (χ4n) is 3.24. The number of hydrogen-bond acceptors (Lipinski definition) is 3. The van der Waals surface area contributed by atoms with Gasteiger partial charge in [-0.15, -0.1) is 0 Å². The molecule has 110 valence electrons. The second-order valence-corrected chi connectivity index (χ2v) is 6.66. The predicted octanol–water partition coefficient (Wildman–Crippen LogP) is 3.26. The number of fused-ring (bicyclic) bond motifs is 1. The summed E-state index contributed by atoms with van der Waals surface area (Å²) in [6.07, 6.45) is 4.49. The molecule has 3 atom stereocenters. The number of halogens is 1. The van der Waals surface area contributed by atoms with Crippen molar-refractivity contribution in [3.63, 3.8) is 0 Å². The van der Waals surface area contributed by atoms with Crippen molar-refractivity contribution in [1.29, 1.82) is 0 Å². The second-order valence-electron chi connectivity index (χ2n) is 5.74. The van der Waals surface area contributed by atoms with Gasteiger partial charge in [0.05, 0.1) is 5.92 Å². The number of carbonyl (C=O) groups is 2. The molecular formula is C15H15BrN2O3. The highest BCUT2D eigenvalue weighted by Crippen LogP contribution is 2.39. The van der Waals surface area contributed by atoms with Gasteiger partial charge in [0.2, 0.25) is 0 Å². The topological polar surface area (TPSA) is 83.0 Å². The molecule has 0 bridgehead atoms. The van der Waals surface area contributed by atoms with E-state index in [1.807, 2.05) is 13.0 Å². The number of carboxylic acid groups (broad SMARTS) is 1.